The fourth-order valence-electron chi connectivity index (χ4n) is 5.03. The summed E-state index contributed by atoms with van der Waals surface area (Å²) in [6.45, 7) is -0.499. The molecule has 0 spiro atoms. The van der Waals surface area contributed by atoms with Gasteiger partial charge in [-0.25, -0.2) is 5.01 Å². The summed E-state index contributed by atoms with van der Waals surface area (Å²) in [5.74, 6) is -1.17. The molecule has 2 aliphatic heterocycles. The molecule has 220 valence electrons. The lowest BCUT2D eigenvalue weighted by Crippen LogP contribution is -2.36. The number of ether oxygens (including phenoxy) is 1. The van der Waals surface area contributed by atoms with Crippen molar-refractivity contribution in [3.8, 4) is 5.75 Å². The van der Waals surface area contributed by atoms with Crippen LogP contribution in [-0.4, -0.2) is 52.2 Å². The Morgan fingerprint density at radius 3 is 2.45 bits per heavy atom. The summed E-state index contributed by atoms with van der Waals surface area (Å²) in [4.78, 5) is 52.8. The number of carbonyl (C=O) groups is 4. The van der Waals surface area contributed by atoms with Gasteiger partial charge in [0.05, 0.1) is 23.8 Å². The lowest BCUT2D eigenvalue weighted by atomic mass is 9.97. The molecule has 4 amide bonds. The second-order valence-electron chi connectivity index (χ2n) is 10.1. The van der Waals surface area contributed by atoms with E-state index in [2.05, 4.69) is 5.32 Å². The predicted octanol–water partition coefficient (Wildman–Crippen LogP) is 6.40. The molecule has 1 saturated heterocycles. The van der Waals surface area contributed by atoms with E-state index in [1.807, 2.05) is 66.7 Å². The highest BCUT2D eigenvalue weighted by atomic mass is 35.5. The lowest BCUT2D eigenvalue weighted by molar-refractivity contribution is -0.129. The molecule has 0 saturated carbocycles. The van der Waals surface area contributed by atoms with Crippen molar-refractivity contribution in [3.63, 3.8) is 0 Å². The van der Waals surface area contributed by atoms with Crippen molar-refractivity contribution < 1.29 is 23.9 Å². The summed E-state index contributed by atoms with van der Waals surface area (Å²) in [6, 6.07) is 27.3. The summed E-state index contributed by atoms with van der Waals surface area (Å²) in [6.07, 6.45) is 1.56. The van der Waals surface area contributed by atoms with Crippen LogP contribution in [0.2, 0.25) is 5.02 Å². The van der Waals surface area contributed by atoms with E-state index < -0.39 is 35.5 Å². The number of halogens is 1. The van der Waals surface area contributed by atoms with Crippen molar-refractivity contribution >= 4 is 68.5 Å². The van der Waals surface area contributed by atoms with E-state index in [4.69, 9.17) is 21.4 Å². The summed E-state index contributed by atoms with van der Waals surface area (Å²) in [5.41, 5.74) is 2.89. The molecule has 4 aromatic carbocycles. The number of methoxy groups -OCH3 is 1. The Morgan fingerprint density at radius 1 is 1.00 bits per heavy atom. The molecule has 1 unspecified atom stereocenters. The molecular weight excluding hydrogens is 600 g/mol. The van der Waals surface area contributed by atoms with Gasteiger partial charge in [-0.15, -0.1) is 0 Å². The number of carbonyl (C=O) groups excluding carboxylic acids is 4. The van der Waals surface area contributed by atoms with Gasteiger partial charge in [-0.2, -0.15) is 5.10 Å². The number of fused-ring (bicyclic) bond motifs is 1. The highest BCUT2D eigenvalue weighted by Gasteiger charge is 2.39. The van der Waals surface area contributed by atoms with Crippen LogP contribution in [0, 0.1) is 0 Å². The van der Waals surface area contributed by atoms with Gasteiger partial charge < -0.3 is 10.1 Å². The summed E-state index contributed by atoms with van der Waals surface area (Å²) in [5, 5.41) is 10.7. The van der Waals surface area contributed by atoms with Crippen molar-refractivity contribution in [1.29, 1.82) is 0 Å². The number of rotatable bonds is 7. The first kappa shape index (κ1) is 29.2. The Labute approximate surface area is 262 Å². The minimum Gasteiger partial charge on any atom is -0.497 e. The lowest BCUT2D eigenvalue weighted by Gasteiger charge is -2.21. The number of anilines is 1. The van der Waals surface area contributed by atoms with Gasteiger partial charge in [-0.1, -0.05) is 60.1 Å². The number of hydrazone groups is 1. The molecule has 9 nitrogen and oxygen atoms in total. The average Bonchev–Trinajstić information content (AvgIpc) is 3.59. The highest BCUT2D eigenvalue weighted by Crippen LogP contribution is 2.36. The molecular formula is C33H25ClN4O5S. The number of thioether (sulfide) groups is 1. The Bertz CT molecular complexity index is 1860. The zero-order chi connectivity index (χ0) is 30.8. The number of nitrogens with one attached hydrogen (secondary N) is 1. The molecule has 0 aromatic heterocycles. The van der Waals surface area contributed by atoms with Gasteiger partial charge in [0.15, 0.2) is 0 Å². The van der Waals surface area contributed by atoms with Gasteiger partial charge in [0.25, 0.3) is 17.1 Å². The van der Waals surface area contributed by atoms with E-state index in [1.54, 1.807) is 31.4 Å². The molecule has 0 aliphatic carbocycles. The molecule has 1 N–H and O–H groups in total. The molecule has 44 heavy (non-hydrogen) atoms. The molecule has 6 rings (SSSR count). The van der Waals surface area contributed by atoms with Crippen LogP contribution in [0.4, 0.5) is 10.5 Å². The summed E-state index contributed by atoms with van der Waals surface area (Å²) in [7, 11) is 1.58. The summed E-state index contributed by atoms with van der Waals surface area (Å²) >= 11 is 6.49. The standard InChI is InChI=1S/C33H25ClN4O5S/c1-43-26-14-8-21(9-15-26)28-17-27(23-7-6-20-4-2-3-5-22(20)16-23)36-38(28)31(40)18-29-32(41)37(33(42)44-29)19-30(39)35-25-12-10-24(34)11-13-25/h2-16,18,28H,17,19H2,1H3,(H,35,39)/b29-18-. The third kappa shape index (κ3) is 6.08. The smallest absolute Gasteiger partial charge is 0.294 e. The van der Waals surface area contributed by atoms with Crippen LogP contribution in [0.15, 0.2) is 107 Å². The molecule has 1 fully saturated rings. The number of amides is 4. The van der Waals surface area contributed by atoms with Gasteiger partial charge in [-0.05, 0) is 76.1 Å². The van der Waals surface area contributed by atoms with E-state index in [0.29, 0.717) is 40.4 Å². The Kier molecular flexibility index (Phi) is 8.19. The number of hydrogen-bond acceptors (Lipinski definition) is 7. The third-order valence-corrected chi connectivity index (χ3v) is 8.44. The van der Waals surface area contributed by atoms with Gasteiger partial charge in [0, 0.05) is 23.2 Å². The zero-order valence-corrected chi connectivity index (χ0v) is 25.0. The average molecular weight is 625 g/mol. The predicted molar refractivity (Wildman–Crippen MR) is 171 cm³/mol. The van der Waals surface area contributed by atoms with Crippen molar-refractivity contribution in [2.45, 2.75) is 12.5 Å². The third-order valence-electron chi connectivity index (χ3n) is 7.28. The quantitative estimate of drug-likeness (QED) is 0.239. The van der Waals surface area contributed by atoms with Crippen LogP contribution < -0.4 is 10.1 Å². The first-order valence-electron chi connectivity index (χ1n) is 13.6. The topological polar surface area (TPSA) is 108 Å². The fraction of sp³-hybridized carbons (Fsp3) is 0.121. The number of nitrogens with zero attached hydrogens (tertiary/aromatic N) is 3. The maximum absolute atomic E-state index is 13.7. The number of benzene rings is 4. The van der Waals surface area contributed by atoms with E-state index in [0.717, 1.165) is 32.9 Å². The Morgan fingerprint density at radius 2 is 1.73 bits per heavy atom. The molecule has 0 radical (unpaired) electrons. The highest BCUT2D eigenvalue weighted by molar-refractivity contribution is 8.18. The van der Waals surface area contributed by atoms with Crippen molar-refractivity contribution in [3.05, 3.63) is 118 Å². The Hall–Kier alpha value is -4.93. The van der Waals surface area contributed by atoms with Gasteiger partial charge in [0.2, 0.25) is 5.91 Å². The van der Waals surface area contributed by atoms with Crippen LogP contribution in [0.3, 0.4) is 0 Å². The van der Waals surface area contributed by atoms with Crippen LogP contribution in [0.25, 0.3) is 10.8 Å². The van der Waals surface area contributed by atoms with Crippen molar-refractivity contribution in [1.82, 2.24) is 9.91 Å². The molecule has 2 heterocycles. The van der Waals surface area contributed by atoms with Crippen molar-refractivity contribution in [2.24, 2.45) is 5.10 Å². The summed E-state index contributed by atoms with van der Waals surface area (Å²) < 4.78 is 5.29. The minimum atomic E-state index is -0.724. The first-order valence-corrected chi connectivity index (χ1v) is 14.8. The van der Waals surface area contributed by atoms with Crippen LogP contribution >= 0.6 is 23.4 Å². The van der Waals surface area contributed by atoms with E-state index in [9.17, 15) is 19.2 Å². The zero-order valence-electron chi connectivity index (χ0n) is 23.4. The SMILES string of the molecule is COc1ccc(C2CC(c3ccc4ccccc4c3)=NN2C(=O)/C=C2\SC(=O)N(CC(=O)Nc3ccc(Cl)cc3)C2=O)cc1. The number of imide groups is 1. The molecule has 4 aromatic rings. The normalized spacial score (nSPS) is 17.4. The monoisotopic (exact) mass is 624 g/mol. The Balaban J connectivity index is 1.24. The van der Waals surface area contributed by atoms with E-state index in [-0.39, 0.29) is 4.91 Å². The van der Waals surface area contributed by atoms with Crippen LogP contribution in [-0.2, 0) is 14.4 Å². The second-order valence-corrected chi connectivity index (χ2v) is 11.5. The van der Waals surface area contributed by atoms with E-state index >= 15 is 0 Å². The largest absolute Gasteiger partial charge is 0.497 e. The molecule has 1 atom stereocenters. The first-order chi connectivity index (χ1) is 21.3. The molecule has 0 bridgehead atoms. The second kappa shape index (κ2) is 12.4. The van der Waals surface area contributed by atoms with Crippen molar-refractivity contribution in [2.75, 3.05) is 19.0 Å². The minimum absolute atomic E-state index is 0.0814. The maximum Gasteiger partial charge on any atom is 0.294 e. The number of hydrogen-bond donors (Lipinski definition) is 1. The van der Waals surface area contributed by atoms with Crippen LogP contribution in [0.1, 0.15) is 23.6 Å². The fourth-order valence-corrected chi connectivity index (χ4v) is 5.96. The maximum atomic E-state index is 13.7. The van der Waals surface area contributed by atoms with Gasteiger partial charge in [-0.3, -0.25) is 24.1 Å². The molecule has 11 heteroatoms. The van der Waals surface area contributed by atoms with Crippen LogP contribution in [0.5, 0.6) is 5.75 Å². The molecule has 2 aliphatic rings. The van der Waals surface area contributed by atoms with Gasteiger partial charge in [0.1, 0.15) is 12.3 Å². The van der Waals surface area contributed by atoms with Gasteiger partial charge >= 0.3 is 0 Å². The van der Waals surface area contributed by atoms with E-state index in [1.165, 1.54) is 5.01 Å².